The van der Waals surface area contributed by atoms with Crippen LogP contribution in [0.4, 0.5) is 0 Å². The van der Waals surface area contributed by atoms with Gasteiger partial charge < -0.3 is 0 Å². The van der Waals surface area contributed by atoms with E-state index in [1.807, 2.05) is 12.1 Å². The van der Waals surface area contributed by atoms with Crippen molar-refractivity contribution >= 4 is 28.8 Å². The summed E-state index contributed by atoms with van der Waals surface area (Å²) in [4.78, 5) is 38.1. The van der Waals surface area contributed by atoms with Crippen LogP contribution in [0, 0.1) is 0 Å². The summed E-state index contributed by atoms with van der Waals surface area (Å²) < 4.78 is 1.26. The van der Waals surface area contributed by atoms with Gasteiger partial charge in [-0.1, -0.05) is 29.5 Å². The summed E-state index contributed by atoms with van der Waals surface area (Å²) in [5.74, 6) is -0.830. The fourth-order valence-corrected chi connectivity index (χ4v) is 2.99. The Bertz CT molecular complexity index is 973. The molecule has 1 aromatic heterocycles. The molecule has 124 valence electrons. The van der Waals surface area contributed by atoms with Gasteiger partial charge in [0.05, 0.1) is 16.6 Å². The predicted octanol–water partition coefficient (Wildman–Crippen LogP) is 2.15. The molecule has 3 aromatic rings. The van der Waals surface area contributed by atoms with Gasteiger partial charge in [-0.3, -0.25) is 19.3 Å². The molecule has 7 nitrogen and oxygen atoms in total. The van der Waals surface area contributed by atoms with Crippen LogP contribution in [0.3, 0.4) is 0 Å². The maximum absolute atomic E-state index is 12.3. The second-order valence-electron chi connectivity index (χ2n) is 5.79. The van der Waals surface area contributed by atoms with E-state index in [1.54, 1.807) is 36.4 Å². The van der Waals surface area contributed by atoms with E-state index >= 15 is 0 Å². The van der Waals surface area contributed by atoms with Gasteiger partial charge in [-0.2, -0.15) is 4.68 Å². The first-order chi connectivity index (χ1) is 12.2. The van der Waals surface area contributed by atoms with Crippen LogP contribution in [-0.2, 0) is 0 Å². The van der Waals surface area contributed by atoms with E-state index in [1.165, 1.54) is 9.58 Å². The van der Waals surface area contributed by atoms with Gasteiger partial charge in [0.1, 0.15) is 5.52 Å². The first kappa shape index (κ1) is 15.2. The van der Waals surface area contributed by atoms with Gasteiger partial charge in [0.25, 0.3) is 11.8 Å². The molecular formula is C18H14N4O3. The SMILES string of the molecule is O=C1c2ccccc2C(=O)N1CCCC(=O)n1nnc2ccccc21. The Morgan fingerprint density at radius 3 is 2.28 bits per heavy atom. The van der Waals surface area contributed by atoms with Gasteiger partial charge in [-0.05, 0) is 30.7 Å². The van der Waals surface area contributed by atoms with Crippen molar-refractivity contribution < 1.29 is 14.4 Å². The molecule has 2 amide bonds. The number of rotatable bonds is 4. The summed E-state index contributed by atoms with van der Waals surface area (Å²) in [7, 11) is 0. The minimum atomic E-state index is -0.306. The van der Waals surface area contributed by atoms with Gasteiger partial charge >= 0.3 is 0 Å². The number of para-hydroxylation sites is 1. The zero-order chi connectivity index (χ0) is 17.4. The minimum absolute atomic E-state index is 0.167. The zero-order valence-corrected chi connectivity index (χ0v) is 13.3. The smallest absolute Gasteiger partial charge is 0.261 e. The number of imide groups is 1. The highest BCUT2D eigenvalue weighted by Crippen LogP contribution is 2.22. The Morgan fingerprint density at radius 2 is 1.56 bits per heavy atom. The third kappa shape index (κ3) is 2.50. The van der Waals surface area contributed by atoms with E-state index < -0.39 is 0 Å². The highest BCUT2D eigenvalue weighted by atomic mass is 16.2. The summed E-state index contributed by atoms with van der Waals surface area (Å²) in [5.41, 5.74) is 2.13. The summed E-state index contributed by atoms with van der Waals surface area (Å²) in [6.07, 6.45) is 0.541. The molecule has 1 aliphatic rings. The van der Waals surface area contributed by atoms with Crippen molar-refractivity contribution in [2.24, 2.45) is 0 Å². The fourth-order valence-electron chi connectivity index (χ4n) is 2.99. The Hall–Kier alpha value is -3.35. The molecule has 0 atom stereocenters. The number of fused-ring (bicyclic) bond motifs is 2. The van der Waals surface area contributed by atoms with Crippen LogP contribution in [0.25, 0.3) is 11.0 Å². The van der Waals surface area contributed by atoms with Gasteiger partial charge in [0.15, 0.2) is 0 Å². The van der Waals surface area contributed by atoms with Crippen LogP contribution in [-0.4, -0.2) is 44.2 Å². The molecular weight excluding hydrogens is 320 g/mol. The van der Waals surface area contributed by atoms with E-state index in [0.29, 0.717) is 28.6 Å². The molecule has 0 spiro atoms. The minimum Gasteiger partial charge on any atom is -0.274 e. The number of benzene rings is 2. The number of hydrogen-bond donors (Lipinski definition) is 0. The molecule has 0 bridgehead atoms. The molecule has 0 radical (unpaired) electrons. The molecule has 25 heavy (non-hydrogen) atoms. The average molecular weight is 334 g/mol. The molecule has 0 fully saturated rings. The Kier molecular flexibility index (Phi) is 3.61. The van der Waals surface area contributed by atoms with E-state index in [0.717, 1.165) is 0 Å². The van der Waals surface area contributed by atoms with Crippen molar-refractivity contribution in [3.63, 3.8) is 0 Å². The third-order valence-corrected chi connectivity index (χ3v) is 4.24. The molecule has 7 heteroatoms. The molecule has 2 heterocycles. The number of aromatic nitrogens is 3. The van der Waals surface area contributed by atoms with Gasteiger partial charge in [0, 0.05) is 13.0 Å². The predicted molar refractivity (Wildman–Crippen MR) is 89.2 cm³/mol. The summed E-state index contributed by atoms with van der Waals surface area (Å²) in [6, 6.07) is 13.9. The molecule has 0 aliphatic carbocycles. The molecule has 0 N–H and O–H groups in total. The van der Waals surface area contributed by atoms with Gasteiger partial charge in [-0.25, -0.2) is 0 Å². The lowest BCUT2D eigenvalue weighted by molar-refractivity contribution is 0.0643. The van der Waals surface area contributed by atoms with Crippen LogP contribution in [0.15, 0.2) is 48.5 Å². The van der Waals surface area contributed by atoms with E-state index in [4.69, 9.17) is 0 Å². The first-order valence-corrected chi connectivity index (χ1v) is 7.95. The monoisotopic (exact) mass is 334 g/mol. The molecule has 0 saturated heterocycles. The quantitative estimate of drug-likeness (QED) is 0.683. The Balaban J connectivity index is 1.42. The maximum atomic E-state index is 12.3. The Morgan fingerprint density at radius 1 is 0.920 bits per heavy atom. The van der Waals surface area contributed by atoms with Crippen molar-refractivity contribution in [2.45, 2.75) is 12.8 Å². The lowest BCUT2D eigenvalue weighted by Gasteiger charge is -2.13. The van der Waals surface area contributed by atoms with E-state index in [2.05, 4.69) is 10.3 Å². The fraction of sp³-hybridized carbons (Fsp3) is 0.167. The number of carbonyl (C=O) groups excluding carboxylic acids is 3. The lowest BCUT2D eigenvalue weighted by atomic mass is 10.1. The second kappa shape index (κ2) is 5.94. The second-order valence-corrected chi connectivity index (χ2v) is 5.79. The van der Waals surface area contributed by atoms with E-state index in [-0.39, 0.29) is 30.7 Å². The highest BCUT2D eigenvalue weighted by Gasteiger charge is 2.34. The number of carbonyl (C=O) groups is 3. The summed E-state index contributed by atoms with van der Waals surface area (Å²) >= 11 is 0. The summed E-state index contributed by atoms with van der Waals surface area (Å²) in [5, 5.41) is 7.83. The van der Waals surface area contributed by atoms with Crippen molar-refractivity contribution in [3.8, 4) is 0 Å². The van der Waals surface area contributed by atoms with Crippen molar-refractivity contribution in [1.29, 1.82) is 0 Å². The van der Waals surface area contributed by atoms with Crippen LogP contribution in [0.5, 0.6) is 0 Å². The van der Waals surface area contributed by atoms with E-state index in [9.17, 15) is 14.4 Å². The van der Waals surface area contributed by atoms with Crippen molar-refractivity contribution in [1.82, 2.24) is 19.9 Å². The largest absolute Gasteiger partial charge is 0.274 e. The summed E-state index contributed by atoms with van der Waals surface area (Å²) in [6.45, 7) is 0.199. The van der Waals surface area contributed by atoms with Crippen LogP contribution < -0.4 is 0 Å². The topological polar surface area (TPSA) is 85.2 Å². The lowest BCUT2D eigenvalue weighted by Crippen LogP contribution is -2.31. The van der Waals surface area contributed by atoms with Crippen LogP contribution in [0.1, 0.15) is 38.4 Å². The highest BCUT2D eigenvalue weighted by molar-refractivity contribution is 6.21. The first-order valence-electron chi connectivity index (χ1n) is 7.95. The van der Waals surface area contributed by atoms with Crippen molar-refractivity contribution in [2.75, 3.05) is 6.54 Å². The number of hydrogen-bond acceptors (Lipinski definition) is 5. The van der Waals surface area contributed by atoms with Gasteiger partial charge in [-0.15, -0.1) is 5.10 Å². The zero-order valence-electron chi connectivity index (χ0n) is 13.3. The Labute approximate surface area is 142 Å². The molecule has 0 saturated carbocycles. The molecule has 4 rings (SSSR count). The molecule has 0 unspecified atom stereocenters. The maximum Gasteiger partial charge on any atom is 0.261 e. The molecule has 2 aromatic carbocycles. The number of nitrogens with zero attached hydrogens (tertiary/aromatic N) is 4. The van der Waals surface area contributed by atoms with Gasteiger partial charge in [0.2, 0.25) is 5.91 Å². The molecule has 1 aliphatic heterocycles. The van der Waals surface area contributed by atoms with Crippen molar-refractivity contribution in [3.05, 3.63) is 59.7 Å². The van der Waals surface area contributed by atoms with Crippen LogP contribution >= 0.6 is 0 Å². The normalized spacial score (nSPS) is 13.5. The number of amides is 2. The average Bonchev–Trinajstić information content (AvgIpc) is 3.17. The third-order valence-electron chi connectivity index (χ3n) is 4.24. The standard InChI is InChI=1S/C18H14N4O3/c23-16(22-15-9-4-3-8-14(15)19-20-22)10-5-11-21-17(24)12-6-1-2-7-13(12)18(21)25/h1-4,6-9H,5,10-11H2. The van der Waals surface area contributed by atoms with Crippen LogP contribution in [0.2, 0.25) is 0 Å².